The van der Waals surface area contributed by atoms with E-state index in [9.17, 15) is 4.79 Å². The number of anilines is 2. The molecule has 0 unspecified atom stereocenters. The van der Waals surface area contributed by atoms with Crippen molar-refractivity contribution in [3.63, 3.8) is 0 Å². The number of nitrogens with one attached hydrogen (secondary N) is 2. The van der Waals surface area contributed by atoms with Gasteiger partial charge in [-0.3, -0.25) is 4.79 Å². The van der Waals surface area contributed by atoms with Crippen molar-refractivity contribution in [1.82, 2.24) is 4.98 Å². The van der Waals surface area contributed by atoms with Crippen LogP contribution in [0.5, 0.6) is 5.75 Å². The number of rotatable bonds is 10. The molecule has 0 radical (unpaired) electrons. The predicted molar refractivity (Wildman–Crippen MR) is 101 cm³/mol. The Morgan fingerprint density at radius 3 is 2.77 bits per heavy atom. The van der Waals surface area contributed by atoms with E-state index in [0.29, 0.717) is 37.0 Å². The summed E-state index contributed by atoms with van der Waals surface area (Å²) >= 11 is 0. The van der Waals surface area contributed by atoms with Crippen LogP contribution in [0.2, 0.25) is 0 Å². The number of pyridine rings is 1. The molecular weight excluding hydrogens is 334 g/mol. The molecule has 2 rings (SSSR count). The van der Waals surface area contributed by atoms with Gasteiger partial charge in [0.15, 0.2) is 6.61 Å². The van der Waals surface area contributed by atoms with Gasteiger partial charge < -0.3 is 25.2 Å². The van der Waals surface area contributed by atoms with Crippen LogP contribution in [-0.4, -0.2) is 49.0 Å². The summed E-state index contributed by atoms with van der Waals surface area (Å²) in [6.45, 7) is 5.31. The number of aliphatic hydroxyl groups is 1. The van der Waals surface area contributed by atoms with Gasteiger partial charge in [-0.2, -0.15) is 0 Å². The van der Waals surface area contributed by atoms with Gasteiger partial charge in [-0.25, -0.2) is 4.98 Å². The second-order valence-electron chi connectivity index (χ2n) is 5.73. The molecule has 0 aliphatic carbocycles. The number of carbonyl (C=O) groups excluding carboxylic acids is 1. The van der Waals surface area contributed by atoms with E-state index >= 15 is 0 Å². The van der Waals surface area contributed by atoms with Crippen LogP contribution in [0.3, 0.4) is 0 Å². The Labute approximate surface area is 153 Å². The lowest BCUT2D eigenvalue weighted by molar-refractivity contribution is -0.118. The lowest BCUT2D eigenvalue weighted by atomic mass is 10.1. The number of aromatic nitrogens is 1. The first-order chi connectivity index (χ1) is 12.6. The summed E-state index contributed by atoms with van der Waals surface area (Å²) in [4.78, 5) is 16.2. The summed E-state index contributed by atoms with van der Waals surface area (Å²) < 4.78 is 10.7. The van der Waals surface area contributed by atoms with Gasteiger partial charge in [0.05, 0.1) is 31.7 Å². The Bertz CT molecular complexity index is 704. The van der Waals surface area contributed by atoms with Gasteiger partial charge in [0.25, 0.3) is 5.91 Å². The molecule has 1 heterocycles. The van der Waals surface area contributed by atoms with E-state index in [0.717, 1.165) is 11.1 Å². The van der Waals surface area contributed by atoms with E-state index in [1.807, 2.05) is 32.0 Å². The van der Waals surface area contributed by atoms with Gasteiger partial charge in [-0.15, -0.1) is 0 Å². The average Bonchev–Trinajstić information content (AvgIpc) is 2.64. The fraction of sp³-hybridized carbons (Fsp3) is 0.368. The van der Waals surface area contributed by atoms with E-state index in [4.69, 9.17) is 14.6 Å². The van der Waals surface area contributed by atoms with Gasteiger partial charge in [-0.1, -0.05) is 12.1 Å². The highest BCUT2D eigenvalue weighted by molar-refractivity contribution is 5.91. The second kappa shape index (κ2) is 10.4. The molecule has 0 saturated carbocycles. The predicted octanol–water partition coefficient (Wildman–Crippen LogP) is 2.14. The first-order valence-electron chi connectivity index (χ1n) is 8.47. The largest absolute Gasteiger partial charge is 0.483 e. The van der Waals surface area contributed by atoms with Crippen LogP contribution in [0.4, 0.5) is 11.5 Å². The Balaban J connectivity index is 1.75. The molecule has 0 bridgehead atoms. The number of carbonyl (C=O) groups is 1. The molecule has 0 fully saturated rings. The molecule has 1 amide bonds. The lowest BCUT2D eigenvalue weighted by Crippen LogP contribution is -2.20. The Morgan fingerprint density at radius 1 is 1.19 bits per heavy atom. The van der Waals surface area contributed by atoms with Gasteiger partial charge in [-0.05, 0) is 43.2 Å². The normalized spacial score (nSPS) is 10.4. The third-order valence-corrected chi connectivity index (χ3v) is 3.75. The number of benzene rings is 1. The van der Waals surface area contributed by atoms with Crippen LogP contribution in [0.15, 0.2) is 36.5 Å². The highest BCUT2D eigenvalue weighted by Gasteiger charge is 2.07. The molecule has 0 saturated heterocycles. The Kier molecular flexibility index (Phi) is 7.85. The number of hydrogen-bond donors (Lipinski definition) is 3. The summed E-state index contributed by atoms with van der Waals surface area (Å²) in [6.07, 6.45) is 1.58. The van der Waals surface area contributed by atoms with Crippen LogP contribution in [0.1, 0.15) is 11.1 Å². The van der Waals surface area contributed by atoms with Crippen molar-refractivity contribution in [2.45, 2.75) is 13.8 Å². The molecular formula is C19H25N3O4. The zero-order valence-corrected chi connectivity index (χ0v) is 15.1. The maximum atomic E-state index is 12.0. The minimum Gasteiger partial charge on any atom is -0.483 e. The molecule has 1 aromatic carbocycles. The van der Waals surface area contributed by atoms with Crippen molar-refractivity contribution in [3.8, 4) is 5.75 Å². The lowest BCUT2D eigenvalue weighted by Gasteiger charge is -2.11. The highest BCUT2D eigenvalue weighted by atomic mass is 16.5. The van der Waals surface area contributed by atoms with Crippen molar-refractivity contribution >= 4 is 17.4 Å². The number of amides is 1. The smallest absolute Gasteiger partial charge is 0.262 e. The van der Waals surface area contributed by atoms with Crippen LogP contribution >= 0.6 is 0 Å². The molecule has 0 atom stereocenters. The van der Waals surface area contributed by atoms with Gasteiger partial charge in [0.1, 0.15) is 11.6 Å². The number of hydrogen-bond acceptors (Lipinski definition) is 6. The van der Waals surface area contributed by atoms with Crippen molar-refractivity contribution in [1.29, 1.82) is 0 Å². The molecule has 0 aliphatic rings. The zero-order chi connectivity index (χ0) is 18.8. The number of ether oxygens (including phenoxy) is 2. The summed E-state index contributed by atoms with van der Waals surface area (Å²) in [7, 11) is 0. The topological polar surface area (TPSA) is 92.7 Å². The monoisotopic (exact) mass is 359 g/mol. The average molecular weight is 359 g/mol. The van der Waals surface area contributed by atoms with Crippen molar-refractivity contribution in [2.24, 2.45) is 0 Å². The number of nitrogens with zero attached hydrogens (tertiary/aromatic N) is 1. The standard InChI is InChI=1S/C19H25N3O4/c1-14-4-3-5-17(15(14)2)26-13-19(24)22-16-6-7-18(21-12-16)20-8-10-25-11-9-23/h3-7,12,23H,8-11,13H2,1-2H3,(H,20,21)(H,22,24). The maximum Gasteiger partial charge on any atom is 0.262 e. The fourth-order valence-electron chi connectivity index (χ4n) is 2.21. The molecule has 140 valence electrons. The van der Waals surface area contributed by atoms with Gasteiger partial charge in [0, 0.05) is 6.54 Å². The molecule has 7 heteroatoms. The summed E-state index contributed by atoms with van der Waals surface area (Å²) in [6, 6.07) is 9.29. The Morgan fingerprint density at radius 2 is 2.04 bits per heavy atom. The minimum absolute atomic E-state index is 0.0137. The van der Waals surface area contributed by atoms with Crippen LogP contribution in [0, 0.1) is 13.8 Å². The second-order valence-corrected chi connectivity index (χ2v) is 5.73. The van der Waals surface area contributed by atoms with E-state index in [-0.39, 0.29) is 19.1 Å². The first-order valence-corrected chi connectivity index (χ1v) is 8.47. The molecule has 7 nitrogen and oxygen atoms in total. The van der Waals surface area contributed by atoms with Gasteiger partial charge in [0.2, 0.25) is 0 Å². The molecule has 1 aromatic heterocycles. The molecule has 26 heavy (non-hydrogen) atoms. The third kappa shape index (κ3) is 6.34. The summed E-state index contributed by atoms with van der Waals surface area (Å²) in [5.41, 5.74) is 2.75. The van der Waals surface area contributed by atoms with Crippen molar-refractivity contribution < 1.29 is 19.4 Å². The summed E-state index contributed by atoms with van der Waals surface area (Å²) in [5.74, 6) is 1.15. The zero-order valence-electron chi connectivity index (χ0n) is 15.1. The molecule has 2 aromatic rings. The maximum absolute atomic E-state index is 12.0. The van der Waals surface area contributed by atoms with Crippen molar-refractivity contribution in [2.75, 3.05) is 43.6 Å². The van der Waals surface area contributed by atoms with Crippen LogP contribution < -0.4 is 15.4 Å². The van der Waals surface area contributed by atoms with E-state index in [1.165, 1.54) is 0 Å². The number of aryl methyl sites for hydroxylation is 1. The van der Waals surface area contributed by atoms with E-state index in [1.54, 1.807) is 18.3 Å². The summed E-state index contributed by atoms with van der Waals surface area (Å²) in [5, 5.41) is 14.5. The number of aliphatic hydroxyl groups excluding tert-OH is 1. The van der Waals surface area contributed by atoms with Crippen molar-refractivity contribution in [3.05, 3.63) is 47.7 Å². The SMILES string of the molecule is Cc1cccc(OCC(=O)Nc2ccc(NCCOCCO)nc2)c1C. The Hall–Kier alpha value is -2.64. The highest BCUT2D eigenvalue weighted by Crippen LogP contribution is 2.20. The van der Waals surface area contributed by atoms with E-state index < -0.39 is 0 Å². The molecule has 0 spiro atoms. The fourth-order valence-corrected chi connectivity index (χ4v) is 2.21. The van der Waals surface area contributed by atoms with Crippen LogP contribution in [-0.2, 0) is 9.53 Å². The minimum atomic E-state index is -0.245. The third-order valence-electron chi connectivity index (χ3n) is 3.75. The van der Waals surface area contributed by atoms with Gasteiger partial charge >= 0.3 is 0 Å². The first kappa shape index (κ1) is 19.7. The van der Waals surface area contributed by atoms with Crippen LogP contribution in [0.25, 0.3) is 0 Å². The van der Waals surface area contributed by atoms with E-state index in [2.05, 4.69) is 15.6 Å². The molecule has 3 N–H and O–H groups in total. The quantitative estimate of drug-likeness (QED) is 0.563. The molecule has 0 aliphatic heterocycles.